The Balaban J connectivity index is 1.91. The lowest BCUT2D eigenvalue weighted by atomic mass is 9.92. The number of ether oxygens (including phenoxy) is 2. The van der Waals surface area contributed by atoms with E-state index in [1.165, 1.54) is 13.2 Å². The summed E-state index contributed by atoms with van der Waals surface area (Å²) in [5, 5.41) is 0. The fourth-order valence-electron chi connectivity index (χ4n) is 3.37. The van der Waals surface area contributed by atoms with Gasteiger partial charge in [0.1, 0.15) is 11.6 Å². The highest BCUT2D eigenvalue weighted by Crippen LogP contribution is 2.34. The molecule has 6 heteroatoms. The van der Waals surface area contributed by atoms with Crippen molar-refractivity contribution in [1.29, 1.82) is 0 Å². The molecular formula is C20H21F2NO3. The Bertz CT molecular complexity index is 838. The molecule has 0 fully saturated rings. The van der Waals surface area contributed by atoms with E-state index in [1.54, 1.807) is 30.0 Å². The third kappa shape index (κ3) is 3.23. The smallest absolute Gasteiger partial charge is 0.254 e. The molecular weight excluding hydrogens is 340 g/mol. The van der Waals surface area contributed by atoms with E-state index in [0.717, 1.165) is 6.07 Å². The maximum atomic E-state index is 14.0. The number of carbonyl (C=O) groups is 1. The third-order valence-corrected chi connectivity index (χ3v) is 4.69. The molecule has 0 aliphatic carbocycles. The van der Waals surface area contributed by atoms with Crippen LogP contribution in [0.2, 0.25) is 0 Å². The number of methoxy groups -OCH3 is 1. The molecule has 0 bridgehead atoms. The Kier molecular flexibility index (Phi) is 5.11. The van der Waals surface area contributed by atoms with Crippen molar-refractivity contribution in [2.24, 2.45) is 0 Å². The molecule has 1 atom stereocenters. The Hall–Kier alpha value is -2.63. The second-order valence-corrected chi connectivity index (χ2v) is 6.18. The Morgan fingerprint density at radius 3 is 2.69 bits per heavy atom. The summed E-state index contributed by atoms with van der Waals surface area (Å²) < 4.78 is 38.4. The average molecular weight is 361 g/mol. The Morgan fingerprint density at radius 2 is 2.00 bits per heavy atom. The standard InChI is InChI=1S/C20H21F2NO3/c1-4-26-18-6-5-13(9-19(18)25-3)20(24)23-8-7-15-16(12(23)2)10-14(21)11-17(15)22/h5-6,9-12H,4,7-8H2,1-3H3/t12-/m1/s1. The molecule has 3 rings (SSSR count). The molecule has 0 saturated carbocycles. The van der Waals surface area contributed by atoms with E-state index < -0.39 is 17.7 Å². The molecule has 2 aromatic carbocycles. The summed E-state index contributed by atoms with van der Waals surface area (Å²) in [5.41, 5.74) is 1.43. The van der Waals surface area contributed by atoms with Gasteiger partial charge in [-0.25, -0.2) is 8.78 Å². The highest BCUT2D eigenvalue weighted by Gasteiger charge is 2.30. The van der Waals surface area contributed by atoms with E-state index in [9.17, 15) is 13.6 Å². The summed E-state index contributed by atoms with van der Waals surface area (Å²) in [6.45, 7) is 4.50. The van der Waals surface area contributed by atoms with E-state index in [-0.39, 0.29) is 5.91 Å². The lowest BCUT2D eigenvalue weighted by Gasteiger charge is -2.35. The zero-order valence-corrected chi connectivity index (χ0v) is 15.0. The average Bonchev–Trinajstić information content (AvgIpc) is 2.62. The summed E-state index contributed by atoms with van der Waals surface area (Å²) in [4.78, 5) is 14.6. The van der Waals surface area contributed by atoms with Crippen LogP contribution in [0.3, 0.4) is 0 Å². The fourth-order valence-corrected chi connectivity index (χ4v) is 3.37. The SMILES string of the molecule is CCOc1ccc(C(=O)N2CCc3c(F)cc(F)cc3[C@H]2C)cc1OC. The van der Waals surface area contributed by atoms with Crippen LogP contribution in [0.25, 0.3) is 0 Å². The van der Waals surface area contributed by atoms with Crippen LogP contribution < -0.4 is 9.47 Å². The van der Waals surface area contributed by atoms with E-state index >= 15 is 0 Å². The number of halogens is 2. The van der Waals surface area contributed by atoms with Gasteiger partial charge in [0.05, 0.1) is 19.8 Å². The van der Waals surface area contributed by atoms with Gasteiger partial charge >= 0.3 is 0 Å². The minimum Gasteiger partial charge on any atom is -0.493 e. The highest BCUT2D eigenvalue weighted by molar-refractivity contribution is 5.95. The first-order valence-corrected chi connectivity index (χ1v) is 8.55. The van der Waals surface area contributed by atoms with Gasteiger partial charge in [-0.2, -0.15) is 0 Å². The number of hydrogen-bond donors (Lipinski definition) is 0. The second kappa shape index (κ2) is 7.32. The Morgan fingerprint density at radius 1 is 1.23 bits per heavy atom. The number of nitrogens with zero attached hydrogens (tertiary/aromatic N) is 1. The summed E-state index contributed by atoms with van der Waals surface area (Å²) in [7, 11) is 1.51. The quantitative estimate of drug-likeness (QED) is 0.822. The number of benzene rings is 2. The van der Waals surface area contributed by atoms with Crippen molar-refractivity contribution in [3.63, 3.8) is 0 Å². The van der Waals surface area contributed by atoms with Gasteiger partial charge in [0.15, 0.2) is 11.5 Å². The van der Waals surface area contributed by atoms with E-state index in [0.29, 0.717) is 47.8 Å². The number of rotatable bonds is 4. The molecule has 1 aliphatic rings. The van der Waals surface area contributed by atoms with Crippen LogP contribution in [0.1, 0.15) is 41.4 Å². The maximum Gasteiger partial charge on any atom is 0.254 e. The largest absolute Gasteiger partial charge is 0.493 e. The van der Waals surface area contributed by atoms with Crippen molar-refractivity contribution in [2.45, 2.75) is 26.3 Å². The molecule has 1 heterocycles. The van der Waals surface area contributed by atoms with Gasteiger partial charge in [0, 0.05) is 18.2 Å². The van der Waals surface area contributed by atoms with Crippen molar-refractivity contribution in [2.75, 3.05) is 20.3 Å². The molecule has 1 amide bonds. The minimum absolute atomic E-state index is 0.214. The summed E-state index contributed by atoms with van der Waals surface area (Å²) in [6, 6.07) is 6.76. The van der Waals surface area contributed by atoms with Gasteiger partial charge in [-0.3, -0.25) is 4.79 Å². The maximum absolute atomic E-state index is 14.0. The highest BCUT2D eigenvalue weighted by atomic mass is 19.1. The molecule has 26 heavy (non-hydrogen) atoms. The molecule has 2 aromatic rings. The predicted molar refractivity (Wildman–Crippen MR) is 93.7 cm³/mol. The fraction of sp³-hybridized carbons (Fsp3) is 0.350. The van der Waals surface area contributed by atoms with Crippen molar-refractivity contribution in [3.05, 3.63) is 58.7 Å². The molecule has 0 saturated heterocycles. The molecule has 0 aromatic heterocycles. The molecule has 138 valence electrons. The molecule has 4 nitrogen and oxygen atoms in total. The zero-order chi connectivity index (χ0) is 18.8. The number of hydrogen-bond acceptors (Lipinski definition) is 3. The van der Waals surface area contributed by atoms with Crippen molar-refractivity contribution >= 4 is 5.91 Å². The summed E-state index contributed by atoms with van der Waals surface area (Å²) >= 11 is 0. The molecule has 0 N–H and O–H groups in total. The Labute approximate surface area is 151 Å². The number of amides is 1. The van der Waals surface area contributed by atoms with Crippen molar-refractivity contribution < 1.29 is 23.0 Å². The summed E-state index contributed by atoms with van der Waals surface area (Å²) in [5.74, 6) is -0.367. The van der Waals surface area contributed by atoms with E-state index in [1.807, 2.05) is 6.92 Å². The lowest BCUT2D eigenvalue weighted by Crippen LogP contribution is -2.39. The van der Waals surface area contributed by atoms with Gasteiger partial charge in [-0.05, 0) is 55.7 Å². The number of fused-ring (bicyclic) bond motifs is 1. The number of carbonyl (C=O) groups excluding carboxylic acids is 1. The third-order valence-electron chi connectivity index (χ3n) is 4.69. The van der Waals surface area contributed by atoms with Crippen LogP contribution in [0, 0.1) is 11.6 Å². The van der Waals surface area contributed by atoms with Crippen molar-refractivity contribution in [3.8, 4) is 11.5 Å². The van der Waals surface area contributed by atoms with Gasteiger partial charge in [-0.15, -0.1) is 0 Å². The van der Waals surface area contributed by atoms with Crippen LogP contribution in [0.4, 0.5) is 8.78 Å². The van der Waals surface area contributed by atoms with Crippen molar-refractivity contribution in [1.82, 2.24) is 4.90 Å². The molecule has 1 aliphatic heterocycles. The normalized spacial score (nSPS) is 16.2. The van der Waals surface area contributed by atoms with Crippen LogP contribution in [0.5, 0.6) is 11.5 Å². The molecule has 0 unspecified atom stereocenters. The molecule has 0 spiro atoms. The first-order chi connectivity index (χ1) is 12.5. The monoisotopic (exact) mass is 361 g/mol. The second-order valence-electron chi connectivity index (χ2n) is 6.18. The zero-order valence-electron chi connectivity index (χ0n) is 15.0. The van der Waals surface area contributed by atoms with E-state index in [4.69, 9.17) is 9.47 Å². The van der Waals surface area contributed by atoms with Gasteiger partial charge in [0.2, 0.25) is 0 Å². The van der Waals surface area contributed by atoms with Gasteiger partial charge in [0.25, 0.3) is 5.91 Å². The molecule has 0 radical (unpaired) electrons. The van der Waals surface area contributed by atoms with Crippen LogP contribution >= 0.6 is 0 Å². The topological polar surface area (TPSA) is 38.8 Å². The summed E-state index contributed by atoms with van der Waals surface area (Å²) in [6.07, 6.45) is 0.353. The van der Waals surface area contributed by atoms with Gasteiger partial charge < -0.3 is 14.4 Å². The minimum atomic E-state index is -0.634. The lowest BCUT2D eigenvalue weighted by molar-refractivity contribution is 0.0675. The van der Waals surface area contributed by atoms with E-state index in [2.05, 4.69) is 0 Å². The predicted octanol–water partition coefficient (Wildman–Crippen LogP) is 4.13. The van der Waals surface area contributed by atoms with Crippen LogP contribution in [-0.4, -0.2) is 31.1 Å². The first-order valence-electron chi connectivity index (χ1n) is 8.55. The first kappa shape index (κ1) is 18.2. The van der Waals surface area contributed by atoms with Gasteiger partial charge in [-0.1, -0.05) is 0 Å². The van der Waals surface area contributed by atoms with Crippen LogP contribution in [0.15, 0.2) is 30.3 Å². The van der Waals surface area contributed by atoms with Crippen LogP contribution in [-0.2, 0) is 6.42 Å².